The Morgan fingerprint density at radius 1 is 1.27 bits per heavy atom. The summed E-state index contributed by atoms with van der Waals surface area (Å²) in [6, 6.07) is 10.2. The lowest BCUT2D eigenvalue weighted by Gasteiger charge is -2.14. The fourth-order valence-electron chi connectivity index (χ4n) is 2.43. The number of nitrogens with zero attached hydrogens (tertiary/aromatic N) is 1. The lowest BCUT2D eigenvalue weighted by molar-refractivity contribution is -0.115. The molecular formula is C19H15ClF2N2OS. The van der Waals surface area contributed by atoms with E-state index in [1.54, 1.807) is 31.3 Å². The number of carbonyl (C=O) groups is 1. The number of anilines is 1. The van der Waals surface area contributed by atoms with E-state index in [1.165, 1.54) is 30.0 Å². The highest BCUT2D eigenvalue weighted by molar-refractivity contribution is 7.99. The first-order valence-electron chi connectivity index (χ1n) is 7.85. The third-order valence-corrected chi connectivity index (χ3v) is 5.35. The molecule has 7 heteroatoms. The molecule has 0 aliphatic carbocycles. The van der Waals surface area contributed by atoms with Crippen LogP contribution in [-0.4, -0.2) is 16.1 Å². The van der Waals surface area contributed by atoms with Gasteiger partial charge in [-0.2, -0.15) is 0 Å². The van der Waals surface area contributed by atoms with Gasteiger partial charge in [-0.05, 0) is 48.9 Å². The number of rotatable bonds is 5. The number of hydrogen-bond donors (Lipinski definition) is 1. The average molecular weight is 393 g/mol. The summed E-state index contributed by atoms with van der Waals surface area (Å²) in [4.78, 5) is 16.6. The number of amides is 1. The molecule has 1 atom stereocenters. The van der Waals surface area contributed by atoms with Gasteiger partial charge in [-0.15, -0.1) is 11.8 Å². The van der Waals surface area contributed by atoms with Crippen LogP contribution in [-0.2, 0) is 10.5 Å². The van der Waals surface area contributed by atoms with E-state index in [1.807, 2.05) is 0 Å². The average Bonchev–Trinajstić information content (AvgIpc) is 2.63. The summed E-state index contributed by atoms with van der Waals surface area (Å²) >= 11 is 7.32. The second-order valence-electron chi connectivity index (χ2n) is 5.67. The number of aromatic nitrogens is 1. The standard InChI is InChI=1S/C19H15ClF2N2OS/c1-11(19(25)24-17-7-5-13(21)9-15(17)20)26-10-12-4-6-16(22)14-3-2-8-23-18(12)14/h2-9,11H,10H2,1H3,(H,24,25). The first kappa shape index (κ1) is 18.6. The highest BCUT2D eigenvalue weighted by Gasteiger charge is 2.16. The molecule has 0 saturated carbocycles. The monoisotopic (exact) mass is 392 g/mol. The van der Waals surface area contributed by atoms with Crippen LogP contribution in [0.15, 0.2) is 48.7 Å². The molecule has 0 spiro atoms. The van der Waals surface area contributed by atoms with Crippen molar-refractivity contribution in [1.29, 1.82) is 0 Å². The van der Waals surface area contributed by atoms with Crippen molar-refractivity contribution in [2.75, 3.05) is 5.32 Å². The van der Waals surface area contributed by atoms with E-state index >= 15 is 0 Å². The Bertz CT molecular complexity index is 967. The molecule has 0 saturated heterocycles. The second kappa shape index (κ2) is 8.01. The molecule has 0 fully saturated rings. The van der Waals surface area contributed by atoms with Gasteiger partial charge in [-0.25, -0.2) is 8.78 Å². The van der Waals surface area contributed by atoms with Crippen LogP contribution in [0.4, 0.5) is 14.5 Å². The Kier molecular flexibility index (Phi) is 5.74. The van der Waals surface area contributed by atoms with Crippen molar-refractivity contribution in [2.24, 2.45) is 0 Å². The third kappa shape index (κ3) is 4.14. The van der Waals surface area contributed by atoms with Gasteiger partial charge in [0, 0.05) is 17.3 Å². The molecule has 3 aromatic rings. The van der Waals surface area contributed by atoms with Crippen molar-refractivity contribution in [3.8, 4) is 0 Å². The zero-order valence-electron chi connectivity index (χ0n) is 13.8. The molecule has 1 heterocycles. The highest BCUT2D eigenvalue weighted by atomic mass is 35.5. The van der Waals surface area contributed by atoms with E-state index in [0.717, 1.165) is 11.6 Å². The Hall–Kier alpha value is -2.18. The van der Waals surface area contributed by atoms with Gasteiger partial charge in [0.2, 0.25) is 5.91 Å². The Balaban J connectivity index is 1.68. The molecule has 1 amide bonds. The maximum atomic E-state index is 13.9. The van der Waals surface area contributed by atoms with Crippen LogP contribution in [0.3, 0.4) is 0 Å². The SMILES string of the molecule is CC(SCc1ccc(F)c2cccnc12)C(=O)Nc1ccc(F)cc1Cl. The molecule has 0 aliphatic heterocycles. The number of thioether (sulfide) groups is 1. The van der Waals surface area contributed by atoms with Gasteiger partial charge in [-0.3, -0.25) is 9.78 Å². The van der Waals surface area contributed by atoms with Gasteiger partial charge in [0.1, 0.15) is 11.6 Å². The molecule has 0 bridgehead atoms. The van der Waals surface area contributed by atoms with Crippen LogP contribution in [0.25, 0.3) is 10.9 Å². The van der Waals surface area contributed by atoms with Crippen molar-refractivity contribution in [1.82, 2.24) is 4.98 Å². The van der Waals surface area contributed by atoms with Crippen molar-refractivity contribution >= 4 is 45.9 Å². The van der Waals surface area contributed by atoms with Crippen molar-refractivity contribution in [2.45, 2.75) is 17.9 Å². The molecule has 26 heavy (non-hydrogen) atoms. The Morgan fingerprint density at radius 3 is 2.85 bits per heavy atom. The van der Waals surface area contributed by atoms with Gasteiger partial charge < -0.3 is 5.32 Å². The van der Waals surface area contributed by atoms with Crippen LogP contribution in [0.1, 0.15) is 12.5 Å². The van der Waals surface area contributed by atoms with Gasteiger partial charge >= 0.3 is 0 Å². The van der Waals surface area contributed by atoms with Crippen LogP contribution in [0, 0.1) is 11.6 Å². The molecule has 3 rings (SSSR count). The lowest BCUT2D eigenvalue weighted by Crippen LogP contribution is -2.22. The van der Waals surface area contributed by atoms with Crippen LogP contribution in [0.2, 0.25) is 5.02 Å². The molecular weight excluding hydrogens is 378 g/mol. The molecule has 1 N–H and O–H groups in total. The molecule has 0 aliphatic rings. The normalized spacial score (nSPS) is 12.2. The van der Waals surface area contributed by atoms with Crippen molar-refractivity contribution in [3.63, 3.8) is 0 Å². The van der Waals surface area contributed by atoms with Gasteiger partial charge in [0.05, 0.1) is 21.5 Å². The Labute approximate surface area is 158 Å². The summed E-state index contributed by atoms with van der Waals surface area (Å²) in [7, 11) is 0. The molecule has 1 unspecified atom stereocenters. The van der Waals surface area contributed by atoms with E-state index in [9.17, 15) is 13.6 Å². The quantitative estimate of drug-likeness (QED) is 0.629. The molecule has 3 nitrogen and oxygen atoms in total. The van der Waals surface area contributed by atoms with Crippen LogP contribution < -0.4 is 5.32 Å². The van der Waals surface area contributed by atoms with Gasteiger partial charge in [-0.1, -0.05) is 17.7 Å². The number of nitrogens with one attached hydrogen (secondary N) is 1. The number of fused-ring (bicyclic) bond motifs is 1. The summed E-state index contributed by atoms with van der Waals surface area (Å²) in [5.41, 5.74) is 1.81. The summed E-state index contributed by atoms with van der Waals surface area (Å²) < 4.78 is 26.9. The zero-order valence-corrected chi connectivity index (χ0v) is 15.4. The highest BCUT2D eigenvalue weighted by Crippen LogP contribution is 2.27. The Morgan fingerprint density at radius 2 is 2.08 bits per heavy atom. The lowest BCUT2D eigenvalue weighted by atomic mass is 10.1. The number of halogens is 3. The predicted octanol–water partition coefficient (Wildman–Crippen LogP) is 5.43. The smallest absolute Gasteiger partial charge is 0.237 e. The van der Waals surface area contributed by atoms with E-state index in [2.05, 4.69) is 10.3 Å². The predicted molar refractivity (Wildman–Crippen MR) is 102 cm³/mol. The summed E-state index contributed by atoms with van der Waals surface area (Å²) in [6.07, 6.45) is 1.61. The summed E-state index contributed by atoms with van der Waals surface area (Å²) in [5, 5.41) is 2.90. The zero-order chi connectivity index (χ0) is 18.7. The molecule has 134 valence electrons. The first-order chi connectivity index (χ1) is 12.5. The van der Waals surface area contributed by atoms with Crippen molar-refractivity contribution in [3.05, 3.63) is 70.9 Å². The maximum absolute atomic E-state index is 13.9. The number of carbonyl (C=O) groups excluding carboxylic acids is 1. The fraction of sp³-hybridized carbons (Fsp3) is 0.158. The van der Waals surface area contributed by atoms with E-state index in [4.69, 9.17) is 11.6 Å². The van der Waals surface area contributed by atoms with E-state index < -0.39 is 5.82 Å². The minimum absolute atomic E-state index is 0.143. The molecule has 2 aromatic carbocycles. The number of hydrogen-bond acceptors (Lipinski definition) is 3. The maximum Gasteiger partial charge on any atom is 0.237 e. The van der Waals surface area contributed by atoms with Crippen molar-refractivity contribution < 1.29 is 13.6 Å². The van der Waals surface area contributed by atoms with Crippen LogP contribution in [0.5, 0.6) is 0 Å². The van der Waals surface area contributed by atoms with Gasteiger partial charge in [0.25, 0.3) is 0 Å². The summed E-state index contributed by atoms with van der Waals surface area (Å²) in [6.45, 7) is 1.76. The summed E-state index contributed by atoms with van der Waals surface area (Å²) in [5.74, 6) is -0.535. The third-order valence-electron chi connectivity index (χ3n) is 3.85. The molecule has 0 radical (unpaired) electrons. The van der Waals surface area contributed by atoms with Crippen LogP contribution >= 0.6 is 23.4 Å². The fourth-order valence-corrected chi connectivity index (χ4v) is 3.52. The van der Waals surface area contributed by atoms with E-state index in [-0.39, 0.29) is 22.0 Å². The first-order valence-corrected chi connectivity index (χ1v) is 9.28. The number of pyridine rings is 1. The minimum atomic E-state index is -0.467. The van der Waals surface area contributed by atoms with E-state index in [0.29, 0.717) is 22.3 Å². The molecule has 1 aromatic heterocycles. The van der Waals surface area contributed by atoms with Gasteiger partial charge in [0.15, 0.2) is 0 Å². The largest absolute Gasteiger partial charge is 0.324 e. The second-order valence-corrected chi connectivity index (χ2v) is 7.41. The number of benzene rings is 2. The topological polar surface area (TPSA) is 42.0 Å². The minimum Gasteiger partial charge on any atom is -0.324 e.